The van der Waals surface area contributed by atoms with Crippen LogP contribution in [0.25, 0.3) is 0 Å². The van der Waals surface area contributed by atoms with Crippen molar-refractivity contribution in [1.29, 1.82) is 0 Å². The van der Waals surface area contributed by atoms with Gasteiger partial charge in [-0.3, -0.25) is 9.59 Å². The summed E-state index contributed by atoms with van der Waals surface area (Å²) in [5.74, 6) is 0.610. The maximum Gasteiger partial charge on any atom is 0.220 e. The molecular weight excluding hydrogens is 282 g/mol. The number of carbonyl (C=O) groups is 2. The number of ether oxygens (including phenoxy) is 2. The summed E-state index contributed by atoms with van der Waals surface area (Å²) in [7, 11) is 0. The van der Waals surface area contributed by atoms with E-state index >= 15 is 0 Å². The van der Waals surface area contributed by atoms with Gasteiger partial charge in [0.1, 0.15) is 5.75 Å². The minimum Gasteiger partial charge on any atom is -0.494 e. The van der Waals surface area contributed by atoms with Crippen molar-refractivity contribution in [2.75, 3.05) is 19.8 Å². The quantitative estimate of drug-likeness (QED) is 0.749. The second-order valence-corrected chi connectivity index (χ2v) is 5.32. The minimum absolute atomic E-state index is 0.0321. The molecule has 1 fully saturated rings. The first-order valence-electron chi connectivity index (χ1n) is 7.83. The molecule has 1 aliphatic heterocycles. The molecule has 0 aromatic heterocycles. The van der Waals surface area contributed by atoms with Crippen LogP contribution in [0.1, 0.15) is 43.0 Å². The molecule has 0 saturated carbocycles. The zero-order chi connectivity index (χ0) is 15.8. The van der Waals surface area contributed by atoms with E-state index in [4.69, 9.17) is 9.47 Å². The van der Waals surface area contributed by atoms with Gasteiger partial charge < -0.3 is 14.8 Å². The molecule has 0 radical (unpaired) electrons. The van der Waals surface area contributed by atoms with Gasteiger partial charge >= 0.3 is 0 Å². The topological polar surface area (TPSA) is 64.6 Å². The number of nitrogens with one attached hydrogen (secondary N) is 1. The van der Waals surface area contributed by atoms with Crippen molar-refractivity contribution in [3.8, 4) is 5.75 Å². The average molecular weight is 305 g/mol. The molecule has 1 saturated heterocycles. The zero-order valence-electron chi connectivity index (χ0n) is 13.0. The largest absolute Gasteiger partial charge is 0.494 e. The lowest BCUT2D eigenvalue weighted by atomic mass is 10.1. The van der Waals surface area contributed by atoms with Gasteiger partial charge in [-0.1, -0.05) is 0 Å². The minimum atomic E-state index is -0.102. The summed E-state index contributed by atoms with van der Waals surface area (Å²) in [6.45, 7) is 3.82. The van der Waals surface area contributed by atoms with Crippen molar-refractivity contribution in [2.45, 2.75) is 38.7 Å². The SMILES string of the molecule is CCOc1ccc(C(=O)CCC(=O)NC[C@@H]2CCCO2)cc1. The normalized spacial score (nSPS) is 17.2. The highest BCUT2D eigenvalue weighted by Gasteiger charge is 2.16. The van der Waals surface area contributed by atoms with Crippen molar-refractivity contribution in [1.82, 2.24) is 5.32 Å². The summed E-state index contributed by atoms with van der Waals surface area (Å²) >= 11 is 0. The van der Waals surface area contributed by atoms with Gasteiger partial charge in [-0.2, -0.15) is 0 Å². The van der Waals surface area contributed by atoms with Gasteiger partial charge in [0, 0.05) is 31.6 Å². The van der Waals surface area contributed by atoms with E-state index in [0.29, 0.717) is 18.7 Å². The van der Waals surface area contributed by atoms with E-state index in [0.717, 1.165) is 25.2 Å². The van der Waals surface area contributed by atoms with E-state index in [2.05, 4.69) is 5.32 Å². The molecular formula is C17H23NO4. The Kier molecular flexibility index (Phi) is 6.40. The second kappa shape index (κ2) is 8.54. The van der Waals surface area contributed by atoms with Crippen LogP contribution in [0.15, 0.2) is 24.3 Å². The molecule has 1 aliphatic rings. The highest BCUT2D eigenvalue weighted by Crippen LogP contribution is 2.14. The Morgan fingerprint density at radius 1 is 1.27 bits per heavy atom. The first-order chi connectivity index (χ1) is 10.7. The molecule has 1 amide bonds. The lowest BCUT2D eigenvalue weighted by Crippen LogP contribution is -2.31. The van der Waals surface area contributed by atoms with Gasteiger partial charge in [-0.05, 0) is 44.0 Å². The number of hydrogen-bond acceptors (Lipinski definition) is 4. The standard InChI is InChI=1S/C17H23NO4/c1-2-21-14-7-5-13(6-8-14)16(19)9-10-17(20)18-12-15-4-3-11-22-15/h5-8,15H,2-4,9-12H2,1H3,(H,18,20)/t15-/m0/s1. The van der Waals surface area contributed by atoms with Gasteiger partial charge in [-0.15, -0.1) is 0 Å². The number of Topliss-reactive ketones (excluding diaryl/α,β-unsaturated/α-hetero) is 1. The van der Waals surface area contributed by atoms with Crippen molar-refractivity contribution < 1.29 is 19.1 Å². The third-order valence-corrected chi connectivity index (χ3v) is 3.62. The highest BCUT2D eigenvalue weighted by molar-refractivity contribution is 5.98. The first-order valence-corrected chi connectivity index (χ1v) is 7.83. The molecule has 0 aliphatic carbocycles. The van der Waals surface area contributed by atoms with Crippen molar-refractivity contribution in [3.05, 3.63) is 29.8 Å². The van der Waals surface area contributed by atoms with E-state index in [1.54, 1.807) is 24.3 Å². The number of rotatable bonds is 8. The molecule has 2 rings (SSSR count). The second-order valence-electron chi connectivity index (χ2n) is 5.32. The fourth-order valence-corrected chi connectivity index (χ4v) is 2.40. The molecule has 5 heteroatoms. The van der Waals surface area contributed by atoms with Crippen LogP contribution in [0, 0.1) is 0 Å². The van der Waals surface area contributed by atoms with Gasteiger partial charge in [0.15, 0.2) is 5.78 Å². The summed E-state index contributed by atoms with van der Waals surface area (Å²) in [6, 6.07) is 7.01. The molecule has 0 spiro atoms. The smallest absolute Gasteiger partial charge is 0.220 e. The number of amides is 1. The van der Waals surface area contributed by atoms with Crippen LogP contribution in [-0.4, -0.2) is 37.6 Å². The van der Waals surface area contributed by atoms with Crippen molar-refractivity contribution in [3.63, 3.8) is 0 Å². The summed E-state index contributed by atoms with van der Waals surface area (Å²) in [6.07, 6.45) is 2.59. The van der Waals surface area contributed by atoms with Gasteiger partial charge in [0.05, 0.1) is 12.7 Å². The molecule has 22 heavy (non-hydrogen) atoms. The average Bonchev–Trinajstić information content (AvgIpc) is 3.05. The van der Waals surface area contributed by atoms with E-state index in [1.807, 2.05) is 6.92 Å². The summed E-state index contributed by atoms with van der Waals surface area (Å²) < 4.78 is 10.8. The van der Waals surface area contributed by atoms with Crippen LogP contribution in [0.3, 0.4) is 0 Å². The molecule has 1 heterocycles. The molecule has 1 aromatic rings. The molecule has 0 unspecified atom stereocenters. The highest BCUT2D eigenvalue weighted by atomic mass is 16.5. The van der Waals surface area contributed by atoms with Crippen LogP contribution in [0.2, 0.25) is 0 Å². The Labute approximate surface area is 131 Å². The Morgan fingerprint density at radius 2 is 2.05 bits per heavy atom. The van der Waals surface area contributed by atoms with Gasteiger partial charge in [-0.25, -0.2) is 0 Å². The molecule has 1 aromatic carbocycles. The van der Waals surface area contributed by atoms with Crippen LogP contribution < -0.4 is 10.1 Å². The first kappa shape index (κ1) is 16.5. The van der Waals surface area contributed by atoms with E-state index in [-0.39, 0.29) is 30.6 Å². The zero-order valence-corrected chi connectivity index (χ0v) is 13.0. The molecule has 1 N–H and O–H groups in total. The number of hydrogen-bond donors (Lipinski definition) is 1. The molecule has 1 atom stereocenters. The Bertz CT molecular complexity index is 492. The maximum atomic E-state index is 12.0. The van der Waals surface area contributed by atoms with Gasteiger partial charge in [0.25, 0.3) is 0 Å². The third-order valence-electron chi connectivity index (χ3n) is 3.62. The Balaban J connectivity index is 1.70. The van der Waals surface area contributed by atoms with Gasteiger partial charge in [0.2, 0.25) is 5.91 Å². The van der Waals surface area contributed by atoms with Crippen molar-refractivity contribution in [2.24, 2.45) is 0 Å². The Morgan fingerprint density at radius 3 is 2.68 bits per heavy atom. The fourth-order valence-electron chi connectivity index (χ4n) is 2.40. The lowest BCUT2D eigenvalue weighted by molar-refractivity contribution is -0.121. The number of benzene rings is 1. The van der Waals surface area contributed by atoms with E-state index in [1.165, 1.54) is 0 Å². The molecule has 5 nitrogen and oxygen atoms in total. The van der Waals surface area contributed by atoms with Crippen LogP contribution >= 0.6 is 0 Å². The van der Waals surface area contributed by atoms with Crippen LogP contribution in [0.5, 0.6) is 5.75 Å². The predicted molar refractivity (Wildman–Crippen MR) is 83.2 cm³/mol. The summed E-state index contributed by atoms with van der Waals surface area (Å²) in [5.41, 5.74) is 0.607. The van der Waals surface area contributed by atoms with Crippen LogP contribution in [0.4, 0.5) is 0 Å². The number of carbonyl (C=O) groups excluding carboxylic acids is 2. The third kappa shape index (κ3) is 5.15. The monoisotopic (exact) mass is 305 g/mol. The van der Waals surface area contributed by atoms with Crippen molar-refractivity contribution >= 4 is 11.7 Å². The fraction of sp³-hybridized carbons (Fsp3) is 0.529. The molecule has 120 valence electrons. The van der Waals surface area contributed by atoms with E-state index in [9.17, 15) is 9.59 Å². The lowest BCUT2D eigenvalue weighted by Gasteiger charge is -2.10. The molecule has 0 bridgehead atoms. The Hall–Kier alpha value is -1.88. The number of ketones is 1. The maximum absolute atomic E-state index is 12.0. The van der Waals surface area contributed by atoms with E-state index < -0.39 is 0 Å². The summed E-state index contributed by atoms with van der Waals surface area (Å²) in [5, 5.41) is 2.82. The van der Waals surface area contributed by atoms with Crippen LogP contribution in [-0.2, 0) is 9.53 Å². The summed E-state index contributed by atoms with van der Waals surface area (Å²) in [4.78, 5) is 23.8. The predicted octanol–water partition coefficient (Wildman–Crippen LogP) is 2.34.